The molecular weight excluding hydrogens is 338 g/mol. The summed E-state index contributed by atoms with van der Waals surface area (Å²) in [5, 5.41) is 0.286. The molecule has 1 aromatic rings. The Bertz CT molecular complexity index is 417. The van der Waals surface area contributed by atoms with Gasteiger partial charge < -0.3 is 0 Å². The van der Waals surface area contributed by atoms with Crippen molar-refractivity contribution >= 4 is 34.2 Å². The van der Waals surface area contributed by atoms with Crippen molar-refractivity contribution in [2.45, 2.75) is 32.2 Å². The molecular formula is C11H14ClIN2O. The lowest BCUT2D eigenvalue weighted by Crippen LogP contribution is -2.23. The van der Waals surface area contributed by atoms with E-state index in [0.29, 0.717) is 10.1 Å². The molecule has 3 nitrogen and oxygen atoms in total. The van der Waals surface area contributed by atoms with E-state index in [4.69, 9.17) is 11.6 Å². The largest absolute Gasteiger partial charge is 0.298 e. The quantitative estimate of drug-likeness (QED) is 0.341. The van der Waals surface area contributed by atoms with Crippen LogP contribution in [0.3, 0.4) is 0 Å². The van der Waals surface area contributed by atoms with Gasteiger partial charge in [0.1, 0.15) is 8.72 Å². The van der Waals surface area contributed by atoms with E-state index in [0.717, 1.165) is 25.7 Å². The van der Waals surface area contributed by atoms with Gasteiger partial charge >= 0.3 is 0 Å². The summed E-state index contributed by atoms with van der Waals surface area (Å²) in [5.41, 5.74) is -0.0516. The fourth-order valence-electron chi connectivity index (χ4n) is 1.35. The molecule has 0 spiro atoms. The van der Waals surface area contributed by atoms with E-state index >= 15 is 0 Å². The van der Waals surface area contributed by atoms with Gasteiger partial charge in [-0.05, 0) is 41.9 Å². The number of unbranched alkanes of at least 4 members (excludes halogenated alkanes) is 3. The van der Waals surface area contributed by atoms with Gasteiger partial charge in [-0.15, -0.1) is 6.58 Å². The molecule has 0 fully saturated rings. The highest BCUT2D eigenvalue weighted by molar-refractivity contribution is 14.1. The van der Waals surface area contributed by atoms with Crippen molar-refractivity contribution in [3.63, 3.8) is 0 Å². The zero-order valence-corrected chi connectivity index (χ0v) is 11.9. The molecule has 0 radical (unpaired) electrons. The SMILES string of the molecule is C=CCCCCCn1cnc(Cl)c(I)c1=O. The maximum absolute atomic E-state index is 11.7. The Labute approximate surface area is 114 Å². The summed E-state index contributed by atoms with van der Waals surface area (Å²) >= 11 is 7.67. The van der Waals surface area contributed by atoms with Gasteiger partial charge in [-0.2, -0.15) is 0 Å². The predicted octanol–water partition coefficient (Wildman–Crippen LogP) is 3.25. The van der Waals surface area contributed by atoms with Crippen molar-refractivity contribution in [2.24, 2.45) is 0 Å². The van der Waals surface area contributed by atoms with Crippen LogP contribution in [-0.2, 0) is 6.54 Å². The maximum Gasteiger partial charge on any atom is 0.268 e. The van der Waals surface area contributed by atoms with Crippen LogP contribution in [0.4, 0.5) is 0 Å². The van der Waals surface area contributed by atoms with Gasteiger partial charge in [-0.25, -0.2) is 4.98 Å². The van der Waals surface area contributed by atoms with Crippen LogP contribution in [0.15, 0.2) is 23.8 Å². The minimum Gasteiger partial charge on any atom is -0.298 e. The van der Waals surface area contributed by atoms with Gasteiger partial charge in [0.05, 0.1) is 6.33 Å². The molecule has 16 heavy (non-hydrogen) atoms. The molecule has 1 rings (SSSR count). The van der Waals surface area contributed by atoms with E-state index in [2.05, 4.69) is 11.6 Å². The highest BCUT2D eigenvalue weighted by atomic mass is 127. The lowest BCUT2D eigenvalue weighted by atomic mass is 10.2. The Balaban J connectivity index is 2.52. The van der Waals surface area contributed by atoms with Crippen molar-refractivity contribution in [3.8, 4) is 0 Å². The second-order valence-corrected chi connectivity index (χ2v) is 4.92. The first-order valence-electron chi connectivity index (χ1n) is 5.18. The number of rotatable bonds is 6. The molecule has 1 heterocycles. The first-order valence-corrected chi connectivity index (χ1v) is 6.64. The van der Waals surface area contributed by atoms with Crippen molar-refractivity contribution in [1.82, 2.24) is 9.55 Å². The third-order valence-corrected chi connectivity index (χ3v) is 3.83. The molecule has 0 unspecified atom stereocenters. The second kappa shape index (κ2) is 7.06. The number of aryl methyl sites for hydroxylation is 1. The van der Waals surface area contributed by atoms with Crippen molar-refractivity contribution in [3.05, 3.63) is 38.1 Å². The van der Waals surface area contributed by atoms with Gasteiger partial charge in [-0.3, -0.25) is 9.36 Å². The summed E-state index contributed by atoms with van der Waals surface area (Å²) in [6.45, 7) is 4.38. The third-order valence-electron chi connectivity index (χ3n) is 2.25. The summed E-state index contributed by atoms with van der Waals surface area (Å²) in [6.07, 6.45) is 7.66. The monoisotopic (exact) mass is 352 g/mol. The Kier molecular flexibility index (Phi) is 6.05. The highest BCUT2D eigenvalue weighted by Gasteiger charge is 2.05. The highest BCUT2D eigenvalue weighted by Crippen LogP contribution is 2.10. The Hall–Kier alpha value is -0.360. The molecule has 0 atom stereocenters. The molecule has 1 aromatic heterocycles. The number of hydrogen-bond donors (Lipinski definition) is 0. The lowest BCUT2D eigenvalue weighted by Gasteiger charge is -2.05. The van der Waals surface area contributed by atoms with Crippen LogP contribution in [0.25, 0.3) is 0 Å². The van der Waals surface area contributed by atoms with Crippen LogP contribution in [0, 0.1) is 3.57 Å². The molecule has 0 saturated heterocycles. The van der Waals surface area contributed by atoms with Crippen molar-refractivity contribution < 1.29 is 0 Å². The van der Waals surface area contributed by atoms with Gasteiger partial charge in [0.15, 0.2) is 0 Å². The molecule has 0 aliphatic carbocycles. The molecule has 0 saturated carbocycles. The summed E-state index contributed by atoms with van der Waals surface area (Å²) in [7, 11) is 0. The second-order valence-electron chi connectivity index (χ2n) is 3.49. The Morgan fingerprint density at radius 1 is 1.50 bits per heavy atom. The average Bonchev–Trinajstić information content (AvgIpc) is 2.28. The third kappa shape index (κ3) is 3.90. The molecule has 0 amide bonds. The van der Waals surface area contributed by atoms with Crippen LogP contribution in [-0.4, -0.2) is 9.55 Å². The Morgan fingerprint density at radius 3 is 2.94 bits per heavy atom. The van der Waals surface area contributed by atoms with Crippen molar-refractivity contribution in [2.75, 3.05) is 0 Å². The zero-order chi connectivity index (χ0) is 12.0. The standard InChI is InChI=1S/C11H14ClIN2O/c1-2-3-4-5-6-7-15-8-14-10(12)9(13)11(15)16/h2,8H,1,3-7H2. The molecule has 0 N–H and O–H groups in total. The number of allylic oxidation sites excluding steroid dienone is 1. The zero-order valence-electron chi connectivity index (χ0n) is 8.96. The average molecular weight is 353 g/mol. The fraction of sp³-hybridized carbons (Fsp3) is 0.455. The van der Waals surface area contributed by atoms with Gasteiger partial charge in [0.2, 0.25) is 0 Å². The van der Waals surface area contributed by atoms with Gasteiger partial charge in [0, 0.05) is 6.54 Å². The van der Waals surface area contributed by atoms with Crippen LogP contribution >= 0.6 is 34.2 Å². The number of halogens is 2. The number of nitrogens with zero attached hydrogens (tertiary/aromatic N) is 2. The van der Waals surface area contributed by atoms with Crippen LogP contribution in [0.5, 0.6) is 0 Å². The van der Waals surface area contributed by atoms with E-state index in [1.165, 1.54) is 6.33 Å². The van der Waals surface area contributed by atoms with Crippen LogP contribution in [0.2, 0.25) is 5.15 Å². The minimum absolute atomic E-state index is 0.0516. The van der Waals surface area contributed by atoms with Gasteiger partial charge in [-0.1, -0.05) is 24.1 Å². The first kappa shape index (κ1) is 13.7. The van der Waals surface area contributed by atoms with E-state index < -0.39 is 0 Å². The number of aromatic nitrogens is 2. The Morgan fingerprint density at radius 2 is 2.25 bits per heavy atom. The maximum atomic E-state index is 11.7. The summed E-state index contributed by atoms with van der Waals surface area (Å²) in [6, 6.07) is 0. The van der Waals surface area contributed by atoms with E-state index in [9.17, 15) is 4.79 Å². The summed E-state index contributed by atoms with van der Waals surface area (Å²) < 4.78 is 2.11. The van der Waals surface area contributed by atoms with Gasteiger partial charge in [0.25, 0.3) is 5.56 Å². The fourth-order valence-corrected chi connectivity index (χ4v) is 1.92. The molecule has 0 bridgehead atoms. The lowest BCUT2D eigenvalue weighted by molar-refractivity contribution is 0.569. The molecule has 0 aliphatic rings. The molecule has 0 aliphatic heterocycles. The summed E-state index contributed by atoms with van der Waals surface area (Å²) in [5.74, 6) is 0. The number of hydrogen-bond acceptors (Lipinski definition) is 2. The smallest absolute Gasteiger partial charge is 0.268 e. The topological polar surface area (TPSA) is 34.9 Å². The van der Waals surface area contributed by atoms with E-state index in [1.54, 1.807) is 4.57 Å². The van der Waals surface area contributed by atoms with Crippen LogP contribution < -0.4 is 5.56 Å². The van der Waals surface area contributed by atoms with E-state index in [1.807, 2.05) is 28.7 Å². The normalized spacial score (nSPS) is 10.4. The van der Waals surface area contributed by atoms with Crippen molar-refractivity contribution in [1.29, 1.82) is 0 Å². The summed E-state index contributed by atoms with van der Waals surface area (Å²) in [4.78, 5) is 15.7. The molecule has 5 heteroatoms. The predicted molar refractivity (Wildman–Crippen MR) is 74.9 cm³/mol. The molecule has 88 valence electrons. The minimum atomic E-state index is -0.0516. The van der Waals surface area contributed by atoms with Crippen LogP contribution in [0.1, 0.15) is 25.7 Å². The van der Waals surface area contributed by atoms with E-state index in [-0.39, 0.29) is 10.7 Å². The first-order chi connectivity index (χ1) is 7.66. The molecule has 0 aromatic carbocycles.